The summed E-state index contributed by atoms with van der Waals surface area (Å²) in [4.78, 5) is 0. The van der Waals surface area contributed by atoms with Crippen molar-refractivity contribution in [3.63, 3.8) is 0 Å². The monoisotopic (exact) mass is 254 g/mol. The van der Waals surface area contributed by atoms with Crippen LogP contribution in [0.15, 0.2) is 12.3 Å². The van der Waals surface area contributed by atoms with Crippen LogP contribution in [0, 0.1) is 0 Å². The van der Waals surface area contributed by atoms with E-state index in [0.29, 0.717) is 0 Å². The Morgan fingerprint density at radius 3 is 2.07 bits per heavy atom. The van der Waals surface area contributed by atoms with Crippen LogP contribution < -0.4 is 0 Å². The van der Waals surface area contributed by atoms with Gasteiger partial charge < -0.3 is 4.18 Å². The molecule has 0 aromatic heterocycles. The van der Waals surface area contributed by atoms with E-state index in [9.17, 15) is 8.42 Å². The molecule has 0 heterocycles. The molecule has 90 valence electrons. The fraction of sp³-hybridized carbons (Fsp3) is 0.778. The molecule has 0 bridgehead atoms. The molecule has 0 aliphatic carbocycles. The van der Waals surface area contributed by atoms with Crippen molar-refractivity contribution in [3.05, 3.63) is 12.3 Å². The largest absolute Gasteiger partial charge is 0.409 e. The average molecular weight is 254 g/mol. The van der Waals surface area contributed by atoms with Crippen molar-refractivity contribution >= 4 is 22.2 Å². The third kappa shape index (κ3) is 7.70. The van der Waals surface area contributed by atoms with Crippen molar-refractivity contribution in [2.45, 2.75) is 38.2 Å². The second-order valence-electron chi connectivity index (χ2n) is 3.37. The minimum absolute atomic E-state index is 0.0240. The van der Waals surface area contributed by atoms with Crippen molar-refractivity contribution < 1.29 is 16.8 Å². The zero-order chi connectivity index (χ0) is 11.8. The van der Waals surface area contributed by atoms with E-state index in [1.165, 1.54) is 6.26 Å². The summed E-state index contributed by atoms with van der Waals surface area (Å²) < 4.78 is 32.0. The first-order valence-corrected chi connectivity index (χ1v) is 6.99. The van der Waals surface area contributed by atoms with E-state index < -0.39 is 22.2 Å². The maximum absolute atomic E-state index is 11.1. The van der Waals surface area contributed by atoms with Gasteiger partial charge in [0.05, 0.1) is 17.1 Å². The molecular formula is C9H18O4S2. The maximum atomic E-state index is 11.1. The SMILES string of the molecule is CC(C)S(=O)OC=CCOS(=O)C(C)C. The fourth-order valence-electron chi connectivity index (χ4n) is 0.487. The topological polar surface area (TPSA) is 52.6 Å². The first-order valence-electron chi connectivity index (χ1n) is 4.71. The Morgan fingerprint density at radius 2 is 1.60 bits per heavy atom. The van der Waals surface area contributed by atoms with E-state index in [4.69, 9.17) is 8.37 Å². The summed E-state index contributed by atoms with van der Waals surface area (Å²) in [7, 11) is 0. The molecule has 0 fully saturated rings. The molecule has 15 heavy (non-hydrogen) atoms. The Bertz CT molecular complexity index is 248. The first kappa shape index (κ1) is 14.8. The maximum Gasteiger partial charge on any atom is 0.208 e. The van der Waals surface area contributed by atoms with E-state index in [1.807, 2.05) is 13.8 Å². The Kier molecular flexibility index (Phi) is 7.90. The lowest BCUT2D eigenvalue weighted by Gasteiger charge is -2.04. The van der Waals surface area contributed by atoms with E-state index in [2.05, 4.69) is 0 Å². The van der Waals surface area contributed by atoms with Gasteiger partial charge in [0.2, 0.25) is 11.1 Å². The van der Waals surface area contributed by atoms with Crippen LogP contribution in [0.5, 0.6) is 0 Å². The molecule has 0 aliphatic heterocycles. The quantitative estimate of drug-likeness (QED) is 0.649. The molecule has 4 nitrogen and oxygen atoms in total. The zero-order valence-corrected chi connectivity index (χ0v) is 11.1. The van der Waals surface area contributed by atoms with Gasteiger partial charge in [-0.15, -0.1) is 0 Å². The van der Waals surface area contributed by atoms with Crippen molar-refractivity contribution in [2.75, 3.05) is 6.61 Å². The lowest BCUT2D eigenvalue weighted by Crippen LogP contribution is -2.09. The van der Waals surface area contributed by atoms with Crippen molar-refractivity contribution in [3.8, 4) is 0 Å². The van der Waals surface area contributed by atoms with Crippen LogP contribution >= 0.6 is 0 Å². The summed E-state index contributed by atoms with van der Waals surface area (Å²) >= 11 is -2.59. The van der Waals surface area contributed by atoms with Crippen molar-refractivity contribution in [1.29, 1.82) is 0 Å². The summed E-state index contributed by atoms with van der Waals surface area (Å²) in [6.45, 7) is 7.41. The van der Waals surface area contributed by atoms with Gasteiger partial charge >= 0.3 is 0 Å². The van der Waals surface area contributed by atoms with Crippen LogP contribution in [0.25, 0.3) is 0 Å². The predicted molar refractivity (Wildman–Crippen MR) is 62.7 cm³/mol. The standard InChI is InChI=1S/C9H18O4S2/c1-8(2)14(10)12-6-5-7-13-15(11)9(3)4/h5-6,8-9H,7H2,1-4H3. The normalized spacial score (nSPS) is 16.1. The molecule has 0 amide bonds. The minimum atomic E-state index is -1.31. The lowest BCUT2D eigenvalue weighted by molar-refractivity contribution is 0.385. The van der Waals surface area contributed by atoms with E-state index in [1.54, 1.807) is 19.9 Å². The highest BCUT2D eigenvalue weighted by molar-refractivity contribution is 7.81. The molecule has 2 unspecified atom stereocenters. The summed E-state index contributed by atoms with van der Waals surface area (Å²) in [6.07, 6.45) is 2.86. The summed E-state index contributed by atoms with van der Waals surface area (Å²) in [6, 6.07) is 0. The van der Waals surface area contributed by atoms with E-state index in [-0.39, 0.29) is 17.1 Å². The molecule has 0 saturated carbocycles. The van der Waals surface area contributed by atoms with Crippen LogP contribution in [0.1, 0.15) is 27.7 Å². The Morgan fingerprint density at radius 1 is 1.07 bits per heavy atom. The van der Waals surface area contributed by atoms with Gasteiger partial charge in [-0.1, -0.05) is 0 Å². The molecule has 0 aliphatic rings. The molecule has 2 atom stereocenters. The highest BCUT2D eigenvalue weighted by Gasteiger charge is 2.04. The van der Waals surface area contributed by atoms with Gasteiger partial charge in [-0.05, 0) is 33.8 Å². The van der Waals surface area contributed by atoms with Crippen LogP contribution in [-0.2, 0) is 30.5 Å². The third-order valence-corrected chi connectivity index (χ3v) is 3.51. The van der Waals surface area contributed by atoms with Crippen LogP contribution in [-0.4, -0.2) is 25.5 Å². The number of hydrogen-bond acceptors (Lipinski definition) is 4. The molecule has 0 aromatic carbocycles. The van der Waals surface area contributed by atoms with Crippen LogP contribution in [0.3, 0.4) is 0 Å². The molecular weight excluding hydrogens is 236 g/mol. The van der Waals surface area contributed by atoms with Gasteiger partial charge in [-0.3, -0.25) is 4.18 Å². The van der Waals surface area contributed by atoms with E-state index in [0.717, 1.165) is 0 Å². The number of hydrogen-bond donors (Lipinski definition) is 0. The second kappa shape index (κ2) is 8.01. The molecule has 0 N–H and O–H groups in total. The van der Waals surface area contributed by atoms with Gasteiger partial charge in [-0.25, -0.2) is 8.42 Å². The molecule has 6 heteroatoms. The Hall–Kier alpha value is -0.200. The molecule has 0 saturated heterocycles. The third-order valence-electron chi connectivity index (χ3n) is 1.30. The van der Waals surface area contributed by atoms with E-state index >= 15 is 0 Å². The highest BCUT2D eigenvalue weighted by atomic mass is 32.2. The van der Waals surface area contributed by atoms with Gasteiger partial charge in [0.15, 0.2) is 11.1 Å². The smallest absolute Gasteiger partial charge is 0.208 e. The van der Waals surface area contributed by atoms with Gasteiger partial charge in [-0.2, -0.15) is 0 Å². The molecule has 0 aromatic rings. The van der Waals surface area contributed by atoms with Gasteiger partial charge in [0.1, 0.15) is 6.26 Å². The molecule has 0 radical (unpaired) electrons. The zero-order valence-electron chi connectivity index (χ0n) is 9.47. The predicted octanol–water partition coefficient (Wildman–Crippen LogP) is 1.68. The highest BCUT2D eigenvalue weighted by Crippen LogP contribution is 1.98. The lowest BCUT2D eigenvalue weighted by atomic mass is 10.6. The minimum Gasteiger partial charge on any atom is -0.409 e. The number of rotatable bonds is 7. The van der Waals surface area contributed by atoms with Crippen molar-refractivity contribution in [1.82, 2.24) is 0 Å². The first-order chi connectivity index (χ1) is 6.95. The summed E-state index contributed by atoms with van der Waals surface area (Å²) in [5, 5.41) is -0.0653. The van der Waals surface area contributed by atoms with Gasteiger partial charge in [0.25, 0.3) is 0 Å². The summed E-state index contributed by atoms with van der Waals surface area (Å²) in [5.74, 6) is 0. The van der Waals surface area contributed by atoms with Crippen LogP contribution in [0.2, 0.25) is 0 Å². The Balaban J connectivity index is 3.64. The van der Waals surface area contributed by atoms with Gasteiger partial charge in [0, 0.05) is 0 Å². The molecule has 0 rings (SSSR count). The molecule has 0 spiro atoms. The van der Waals surface area contributed by atoms with Crippen LogP contribution in [0.4, 0.5) is 0 Å². The fourth-order valence-corrected chi connectivity index (χ4v) is 1.38. The second-order valence-corrected chi connectivity index (χ2v) is 6.73. The van der Waals surface area contributed by atoms with Crippen molar-refractivity contribution in [2.24, 2.45) is 0 Å². The average Bonchev–Trinajstić information content (AvgIpc) is 2.16. The summed E-state index contributed by atoms with van der Waals surface area (Å²) in [5.41, 5.74) is 0. The Labute approximate surface area is 96.4 Å².